The smallest absolute Gasteiger partial charge is 0.220 e. The number of carbonyl (C=O) groups is 2. The summed E-state index contributed by atoms with van der Waals surface area (Å²) in [5.41, 5.74) is 1.54. The molecule has 1 aliphatic rings. The van der Waals surface area contributed by atoms with Crippen molar-refractivity contribution in [3.05, 3.63) is 53.7 Å². The van der Waals surface area contributed by atoms with Crippen LogP contribution in [0, 0.1) is 0 Å². The predicted molar refractivity (Wildman–Crippen MR) is 122 cm³/mol. The third-order valence-electron chi connectivity index (χ3n) is 5.35. The van der Waals surface area contributed by atoms with E-state index in [-0.39, 0.29) is 24.5 Å². The fourth-order valence-corrected chi connectivity index (χ4v) is 3.36. The van der Waals surface area contributed by atoms with E-state index in [9.17, 15) is 9.59 Å². The first kappa shape index (κ1) is 22.7. The van der Waals surface area contributed by atoms with Gasteiger partial charge in [0, 0.05) is 57.3 Å². The first-order valence-corrected chi connectivity index (χ1v) is 11.0. The molecule has 0 unspecified atom stereocenters. The van der Waals surface area contributed by atoms with Crippen LogP contribution in [0.1, 0.15) is 42.1 Å². The van der Waals surface area contributed by atoms with Gasteiger partial charge in [-0.2, -0.15) is 0 Å². The molecule has 31 heavy (non-hydrogen) atoms. The molecule has 2 aromatic rings. The number of Topliss-reactive ketones (excluding diaryl/α,β-unsaturated/α-hetero) is 1. The van der Waals surface area contributed by atoms with Crippen molar-refractivity contribution < 1.29 is 14.3 Å². The molecule has 3 rings (SSSR count). The van der Waals surface area contributed by atoms with Crippen molar-refractivity contribution in [1.29, 1.82) is 0 Å². The highest BCUT2D eigenvalue weighted by Crippen LogP contribution is 2.15. The molecule has 0 radical (unpaired) electrons. The molecule has 166 valence electrons. The van der Waals surface area contributed by atoms with Gasteiger partial charge in [-0.05, 0) is 49.4 Å². The highest BCUT2D eigenvalue weighted by molar-refractivity contribution is 5.98. The summed E-state index contributed by atoms with van der Waals surface area (Å²) in [6, 6.07) is 11.1. The Morgan fingerprint density at radius 3 is 2.42 bits per heavy atom. The molecular formula is C24H32N4O3. The molecule has 0 saturated carbocycles. The van der Waals surface area contributed by atoms with E-state index in [2.05, 4.69) is 27.1 Å². The summed E-state index contributed by atoms with van der Waals surface area (Å²) in [5, 5.41) is 2.87. The van der Waals surface area contributed by atoms with E-state index >= 15 is 0 Å². The monoisotopic (exact) mass is 424 g/mol. The van der Waals surface area contributed by atoms with Crippen molar-refractivity contribution in [2.45, 2.75) is 32.7 Å². The van der Waals surface area contributed by atoms with Crippen molar-refractivity contribution in [3.8, 4) is 5.75 Å². The number of nitrogens with one attached hydrogen (secondary N) is 1. The molecule has 0 aliphatic carbocycles. The van der Waals surface area contributed by atoms with E-state index in [1.165, 1.54) is 0 Å². The van der Waals surface area contributed by atoms with Gasteiger partial charge in [0.05, 0.1) is 6.61 Å². The summed E-state index contributed by atoms with van der Waals surface area (Å²) in [7, 11) is 2.13. The zero-order valence-corrected chi connectivity index (χ0v) is 18.5. The molecule has 0 spiro atoms. The minimum atomic E-state index is -0.139. The summed E-state index contributed by atoms with van der Waals surface area (Å²) >= 11 is 0. The second kappa shape index (κ2) is 11.5. The standard InChI is InChI=1S/C24H32N4O3/c1-3-16-31-21-7-5-20(6-8-21)22(29)9-11-24(30)26-18-19-4-10-23(25-17-19)28-14-12-27(2)13-15-28/h4-8,10,17H,3,9,11-16,18H2,1-2H3,(H,26,30). The molecule has 7 nitrogen and oxygen atoms in total. The van der Waals surface area contributed by atoms with Crippen molar-refractivity contribution in [3.63, 3.8) is 0 Å². The van der Waals surface area contributed by atoms with E-state index in [0.29, 0.717) is 18.7 Å². The topological polar surface area (TPSA) is 74.8 Å². The van der Waals surface area contributed by atoms with Crippen LogP contribution in [0.2, 0.25) is 0 Å². The minimum absolute atomic E-state index is 0.0459. The Morgan fingerprint density at radius 2 is 1.77 bits per heavy atom. The van der Waals surface area contributed by atoms with Crippen molar-refractivity contribution in [1.82, 2.24) is 15.2 Å². The van der Waals surface area contributed by atoms with Gasteiger partial charge >= 0.3 is 0 Å². The summed E-state index contributed by atoms with van der Waals surface area (Å²) in [5.74, 6) is 1.54. The van der Waals surface area contributed by atoms with Crippen molar-refractivity contribution >= 4 is 17.5 Å². The lowest BCUT2D eigenvalue weighted by Gasteiger charge is -2.33. The molecular weight excluding hydrogens is 392 g/mol. The number of benzene rings is 1. The maximum absolute atomic E-state index is 12.3. The number of pyridine rings is 1. The second-order valence-electron chi connectivity index (χ2n) is 7.89. The van der Waals surface area contributed by atoms with Gasteiger partial charge in [0.2, 0.25) is 5.91 Å². The van der Waals surface area contributed by atoms with E-state index in [1.807, 2.05) is 19.1 Å². The van der Waals surface area contributed by atoms with Crippen molar-refractivity contribution in [2.24, 2.45) is 0 Å². The molecule has 1 aliphatic heterocycles. The van der Waals surface area contributed by atoms with Crippen molar-refractivity contribution in [2.75, 3.05) is 44.7 Å². The quantitative estimate of drug-likeness (QED) is 0.591. The average molecular weight is 425 g/mol. The van der Waals surface area contributed by atoms with E-state index in [4.69, 9.17) is 4.74 Å². The number of amides is 1. The maximum atomic E-state index is 12.3. The fourth-order valence-electron chi connectivity index (χ4n) is 3.36. The molecule has 0 atom stereocenters. The lowest BCUT2D eigenvalue weighted by atomic mass is 10.1. The third kappa shape index (κ3) is 7.07. The molecule has 0 bridgehead atoms. The highest BCUT2D eigenvalue weighted by Gasteiger charge is 2.15. The van der Waals surface area contributed by atoms with Gasteiger partial charge in [0.25, 0.3) is 0 Å². The van der Waals surface area contributed by atoms with Crippen LogP contribution < -0.4 is 15.0 Å². The number of hydrogen-bond acceptors (Lipinski definition) is 6. The summed E-state index contributed by atoms with van der Waals surface area (Å²) in [6.45, 7) is 7.13. The van der Waals surface area contributed by atoms with Gasteiger partial charge in [0.1, 0.15) is 11.6 Å². The second-order valence-corrected chi connectivity index (χ2v) is 7.89. The molecule has 1 N–H and O–H groups in total. The first-order valence-electron chi connectivity index (χ1n) is 11.0. The number of ketones is 1. The number of anilines is 1. The van der Waals surface area contributed by atoms with Gasteiger partial charge in [-0.3, -0.25) is 9.59 Å². The molecule has 1 aromatic heterocycles. The Labute approximate surface area is 184 Å². The normalized spacial score (nSPS) is 14.3. The first-order chi connectivity index (χ1) is 15.0. The number of nitrogens with zero attached hydrogens (tertiary/aromatic N) is 3. The SMILES string of the molecule is CCCOc1ccc(C(=O)CCC(=O)NCc2ccc(N3CCN(C)CC3)nc2)cc1. The fraction of sp³-hybridized carbons (Fsp3) is 0.458. The van der Waals surface area contributed by atoms with E-state index in [0.717, 1.165) is 49.7 Å². The number of hydrogen-bond donors (Lipinski definition) is 1. The van der Waals surface area contributed by atoms with Gasteiger partial charge in [-0.25, -0.2) is 4.98 Å². The van der Waals surface area contributed by atoms with Crippen LogP contribution in [0.25, 0.3) is 0 Å². The lowest BCUT2D eigenvalue weighted by molar-refractivity contribution is -0.121. The average Bonchev–Trinajstić information content (AvgIpc) is 2.81. The number of piperazine rings is 1. The number of aromatic nitrogens is 1. The van der Waals surface area contributed by atoms with Crippen LogP contribution in [-0.4, -0.2) is 61.4 Å². The van der Waals surface area contributed by atoms with Gasteiger partial charge in [-0.15, -0.1) is 0 Å². The van der Waals surface area contributed by atoms with Gasteiger partial charge < -0.3 is 19.9 Å². The Hall–Kier alpha value is -2.93. The van der Waals surface area contributed by atoms with E-state index < -0.39 is 0 Å². The molecule has 1 saturated heterocycles. The highest BCUT2D eigenvalue weighted by atomic mass is 16.5. The van der Waals surface area contributed by atoms with Crippen LogP contribution in [0.15, 0.2) is 42.6 Å². The number of carbonyl (C=O) groups excluding carboxylic acids is 2. The molecule has 7 heteroatoms. The zero-order valence-electron chi connectivity index (χ0n) is 18.5. The number of likely N-dealkylation sites (N-methyl/N-ethyl adjacent to an activating group) is 1. The molecule has 1 aromatic carbocycles. The maximum Gasteiger partial charge on any atom is 0.220 e. The summed E-state index contributed by atoms with van der Waals surface area (Å²) in [6.07, 6.45) is 3.09. The van der Waals surface area contributed by atoms with Crippen LogP contribution >= 0.6 is 0 Å². The van der Waals surface area contributed by atoms with Crippen LogP contribution in [0.5, 0.6) is 5.75 Å². The van der Waals surface area contributed by atoms with Gasteiger partial charge in [0.15, 0.2) is 5.78 Å². The predicted octanol–water partition coefficient (Wildman–Crippen LogP) is 2.90. The Kier molecular flexibility index (Phi) is 8.41. The molecule has 1 fully saturated rings. The number of ether oxygens (including phenoxy) is 1. The summed E-state index contributed by atoms with van der Waals surface area (Å²) < 4.78 is 5.52. The van der Waals surface area contributed by atoms with Gasteiger partial charge in [-0.1, -0.05) is 13.0 Å². The number of rotatable bonds is 10. The molecule has 1 amide bonds. The van der Waals surface area contributed by atoms with Crippen LogP contribution in [0.4, 0.5) is 5.82 Å². The Bertz CT molecular complexity index is 844. The third-order valence-corrected chi connectivity index (χ3v) is 5.35. The zero-order chi connectivity index (χ0) is 22.1. The largest absolute Gasteiger partial charge is 0.494 e. The Balaban J connectivity index is 1.39. The van der Waals surface area contributed by atoms with Crippen LogP contribution in [-0.2, 0) is 11.3 Å². The Morgan fingerprint density at radius 1 is 1.03 bits per heavy atom. The molecule has 2 heterocycles. The summed E-state index contributed by atoms with van der Waals surface area (Å²) in [4.78, 5) is 33.6. The minimum Gasteiger partial charge on any atom is -0.494 e. The lowest BCUT2D eigenvalue weighted by Crippen LogP contribution is -2.44. The van der Waals surface area contributed by atoms with Crippen LogP contribution in [0.3, 0.4) is 0 Å². The van der Waals surface area contributed by atoms with E-state index in [1.54, 1.807) is 30.5 Å².